The molecule has 26 heavy (non-hydrogen) atoms. The van der Waals surface area contributed by atoms with Gasteiger partial charge in [-0.25, -0.2) is 9.18 Å². The number of hydrogen-bond acceptors (Lipinski definition) is 6. The van der Waals surface area contributed by atoms with Gasteiger partial charge in [-0.1, -0.05) is 12.1 Å². The first-order valence-electron chi connectivity index (χ1n) is 7.44. The Morgan fingerprint density at radius 2 is 1.92 bits per heavy atom. The van der Waals surface area contributed by atoms with E-state index in [1.165, 1.54) is 36.4 Å². The highest BCUT2D eigenvalue weighted by Crippen LogP contribution is 2.21. The molecule has 0 heterocycles. The fraction of sp³-hybridized carbons (Fsp3) is 0.176. The predicted molar refractivity (Wildman–Crippen MR) is 89.3 cm³/mol. The predicted octanol–water partition coefficient (Wildman–Crippen LogP) is 2.60. The molecular formula is C17H15FN2O6. The van der Waals surface area contributed by atoms with Crippen LogP contribution in [0.25, 0.3) is 0 Å². The summed E-state index contributed by atoms with van der Waals surface area (Å²) in [6, 6.07) is 9.50. The number of aryl methyl sites for hydroxylation is 1. The molecule has 0 bridgehead atoms. The third-order valence-corrected chi connectivity index (χ3v) is 3.24. The minimum absolute atomic E-state index is 0.0998. The Bertz CT molecular complexity index is 840. The molecule has 0 radical (unpaired) electrons. The highest BCUT2D eigenvalue weighted by Gasteiger charge is 2.13. The van der Waals surface area contributed by atoms with E-state index in [2.05, 4.69) is 5.32 Å². The highest BCUT2D eigenvalue weighted by molar-refractivity contribution is 5.93. The first kappa shape index (κ1) is 18.8. The van der Waals surface area contributed by atoms with E-state index >= 15 is 0 Å². The van der Waals surface area contributed by atoms with Crippen LogP contribution in [-0.4, -0.2) is 30.0 Å². The number of carbonyl (C=O) groups excluding carboxylic acids is 2. The maximum Gasteiger partial charge on any atom is 0.344 e. The van der Waals surface area contributed by atoms with E-state index in [1.807, 2.05) is 0 Å². The normalized spacial score (nSPS) is 10.1. The maximum atomic E-state index is 13.3. The van der Waals surface area contributed by atoms with Crippen molar-refractivity contribution in [3.05, 3.63) is 64.0 Å². The largest absolute Gasteiger partial charge is 0.479 e. The van der Waals surface area contributed by atoms with Crippen LogP contribution in [0.2, 0.25) is 0 Å². The van der Waals surface area contributed by atoms with Gasteiger partial charge < -0.3 is 14.8 Å². The van der Waals surface area contributed by atoms with Gasteiger partial charge in [0.25, 0.3) is 11.6 Å². The van der Waals surface area contributed by atoms with Crippen molar-refractivity contribution < 1.29 is 28.4 Å². The van der Waals surface area contributed by atoms with Crippen molar-refractivity contribution in [2.24, 2.45) is 0 Å². The third-order valence-electron chi connectivity index (χ3n) is 3.24. The minimum Gasteiger partial charge on any atom is -0.479 e. The average Bonchev–Trinajstić information content (AvgIpc) is 2.60. The Balaban J connectivity index is 1.80. The molecule has 0 saturated carbocycles. The number of anilines is 1. The fourth-order valence-electron chi connectivity index (χ4n) is 1.97. The van der Waals surface area contributed by atoms with Gasteiger partial charge in [0, 0.05) is 17.8 Å². The van der Waals surface area contributed by atoms with E-state index in [1.54, 1.807) is 13.0 Å². The van der Waals surface area contributed by atoms with E-state index in [9.17, 15) is 24.1 Å². The number of halogens is 1. The molecule has 0 atom stereocenters. The smallest absolute Gasteiger partial charge is 0.344 e. The number of nitrogens with zero attached hydrogens (tertiary/aromatic N) is 1. The second-order valence-corrected chi connectivity index (χ2v) is 5.18. The lowest BCUT2D eigenvalue weighted by Gasteiger charge is -2.09. The molecule has 0 unspecified atom stereocenters. The van der Waals surface area contributed by atoms with E-state index in [0.717, 1.165) is 0 Å². The summed E-state index contributed by atoms with van der Waals surface area (Å²) in [4.78, 5) is 33.5. The number of benzene rings is 2. The number of nitro groups is 1. The molecule has 9 heteroatoms. The SMILES string of the molecule is Cc1cc([N+](=O)[O-])ccc1NC(=O)COC(=O)COc1ccccc1F. The van der Waals surface area contributed by atoms with Gasteiger partial charge in [0.2, 0.25) is 0 Å². The monoisotopic (exact) mass is 362 g/mol. The molecule has 2 aromatic rings. The van der Waals surface area contributed by atoms with E-state index in [4.69, 9.17) is 9.47 Å². The molecule has 0 saturated heterocycles. The number of para-hydroxylation sites is 1. The van der Waals surface area contributed by atoms with Gasteiger partial charge >= 0.3 is 5.97 Å². The van der Waals surface area contributed by atoms with Gasteiger partial charge in [-0.05, 0) is 30.7 Å². The first-order chi connectivity index (χ1) is 12.4. The highest BCUT2D eigenvalue weighted by atomic mass is 19.1. The van der Waals surface area contributed by atoms with Crippen molar-refractivity contribution in [1.29, 1.82) is 0 Å². The molecule has 0 aliphatic carbocycles. The van der Waals surface area contributed by atoms with Crippen LogP contribution in [0.4, 0.5) is 15.8 Å². The van der Waals surface area contributed by atoms with E-state index < -0.39 is 35.8 Å². The van der Waals surface area contributed by atoms with Crippen LogP contribution in [0.3, 0.4) is 0 Å². The van der Waals surface area contributed by atoms with Crippen molar-refractivity contribution >= 4 is 23.3 Å². The summed E-state index contributed by atoms with van der Waals surface area (Å²) in [7, 11) is 0. The molecule has 2 aromatic carbocycles. The summed E-state index contributed by atoms with van der Waals surface area (Å²) >= 11 is 0. The quantitative estimate of drug-likeness (QED) is 0.461. The second kappa shape index (κ2) is 8.56. The molecule has 0 aliphatic rings. The van der Waals surface area contributed by atoms with E-state index in [-0.39, 0.29) is 11.4 Å². The van der Waals surface area contributed by atoms with Crippen LogP contribution >= 0.6 is 0 Å². The van der Waals surface area contributed by atoms with Crippen molar-refractivity contribution in [3.8, 4) is 5.75 Å². The summed E-state index contributed by atoms with van der Waals surface area (Å²) in [5.74, 6) is -2.19. The zero-order chi connectivity index (χ0) is 19.1. The lowest BCUT2D eigenvalue weighted by Crippen LogP contribution is -2.24. The van der Waals surface area contributed by atoms with Crippen molar-refractivity contribution in [1.82, 2.24) is 0 Å². The summed E-state index contributed by atoms with van der Waals surface area (Å²) in [6.07, 6.45) is 0. The van der Waals surface area contributed by atoms with Crippen LogP contribution < -0.4 is 10.1 Å². The van der Waals surface area contributed by atoms with Crippen molar-refractivity contribution in [2.75, 3.05) is 18.5 Å². The van der Waals surface area contributed by atoms with Crippen molar-refractivity contribution in [3.63, 3.8) is 0 Å². The number of rotatable bonds is 7. The molecule has 0 fully saturated rings. The minimum atomic E-state index is -0.844. The number of ether oxygens (including phenoxy) is 2. The molecule has 1 amide bonds. The molecule has 136 valence electrons. The summed E-state index contributed by atoms with van der Waals surface area (Å²) in [5, 5.41) is 13.1. The second-order valence-electron chi connectivity index (χ2n) is 5.18. The molecule has 8 nitrogen and oxygen atoms in total. The number of nitrogens with one attached hydrogen (secondary N) is 1. The molecule has 0 spiro atoms. The summed E-state index contributed by atoms with van der Waals surface area (Å²) in [6.45, 7) is 0.470. The Hall–Kier alpha value is -3.49. The van der Waals surface area contributed by atoms with Crippen LogP contribution in [0.5, 0.6) is 5.75 Å². The maximum absolute atomic E-state index is 13.3. The lowest BCUT2D eigenvalue weighted by atomic mass is 10.2. The van der Waals surface area contributed by atoms with Crippen LogP contribution in [0, 0.1) is 22.9 Å². The van der Waals surface area contributed by atoms with Crippen LogP contribution in [0.15, 0.2) is 42.5 Å². The lowest BCUT2D eigenvalue weighted by molar-refractivity contribution is -0.384. The number of amides is 1. The number of hydrogen-bond donors (Lipinski definition) is 1. The van der Waals surface area contributed by atoms with Gasteiger partial charge in [0.15, 0.2) is 24.8 Å². The van der Waals surface area contributed by atoms with E-state index in [0.29, 0.717) is 11.3 Å². The summed E-state index contributed by atoms with van der Waals surface area (Å²) < 4.78 is 23.0. The topological polar surface area (TPSA) is 108 Å². The van der Waals surface area contributed by atoms with Gasteiger partial charge in [0.1, 0.15) is 0 Å². The zero-order valence-electron chi connectivity index (χ0n) is 13.7. The Kier molecular flexibility index (Phi) is 6.20. The van der Waals surface area contributed by atoms with Gasteiger partial charge in [0.05, 0.1) is 4.92 Å². The number of nitro benzene ring substituents is 1. The molecule has 0 aromatic heterocycles. The number of esters is 1. The number of carbonyl (C=O) groups is 2. The Labute approximate surface area is 147 Å². The standard InChI is InChI=1S/C17H15FN2O6/c1-11-8-12(20(23)24)6-7-14(11)19-16(21)9-26-17(22)10-25-15-5-3-2-4-13(15)18/h2-8H,9-10H2,1H3,(H,19,21). The van der Waals surface area contributed by atoms with Gasteiger partial charge in [-0.2, -0.15) is 0 Å². The Morgan fingerprint density at radius 1 is 1.19 bits per heavy atom. The Morgan fingerprint density at radius 3 is 2.58 bits per heavy atom. The summed E-state index contributed by atoms with van der Waals surface area (Å²) in [5.41, 5.74) is 0.748. The van der Waals surface area contributed by atoms with Crippen molar-refractivity contribution in [2.45, 2.75) is 6.92 Å². The third kappa shape index (κ3) is 5.26. The fourth-order valence-corrected chi connectivity index (χ4v) is 1.97. The van der Waals surface area contributed by atoms with Crippen LogP contribution in [0.1, 0.15) is 5.56 Å². The average molecular weight is 362 g/mol. The van der Waals surface area contributed by atoms with Gasteiger partial charge in [-0.15, -0.1) is 0 Å². The van der Waals surface area contributed by atoms with Crippen LogP contribution in [-0.2, 0) is 14.3 Å². The molecule has 1 N–H and O–H groups in total. The number of non-ortho nitro benzene ring substituents is 1. The molecular weight excluding hydrogens is 347 g/mol. The first-order valence-corrected chi connectivity index (χ1v) is 7.44. The van der Waals surface area contributed by atoms with Gasteiger partial charge in [-0.3, -0.25) is 14.9 Å². The molecule has 2 rings (SSSR count). The zero-order valence-corrected chi connectivity index (χ0v) is 13.7. The molecule has 0 aliphatic heterocycles.